The van der Waals surface area contributed by atoms with Crippen molar-refractivity contribution in [1.29, 1.82) is 0 Å². The summed E-state index contributed by atoms with van der Waals surface area (Å²) in [6.07, 6.45) is -0.547. The number of rotatable bonds is 4. The molecule has 1 aromatic heterocycles. The molecule has 0 spiro atoms. The summed E-state index contributed by atoms with van der Waals surface area (Å²) in [4.78, 5) is 10.4. The molecule has 3 rings (SSSR count). The van der Waals surface area contributed by atoms with Crippen LogP contribution in [0.2, 0.25) is 5.02 Å². The maximum atomic E-state index is 14.0. The molecule has 1 aliphatic rings. The number of nitrogens with one attached hydrogen (secondary N) is 1. The largest absolute Gasteiger partial charge is 0.416 e. The van der Waals surface area contributed by atoms with Crippen molar-refractivity contribution in [1.82, 2.24) is 15.3 Å². The number of halogens is 7. The third kappa shape index (κ3) is 5.43. The summed E-state index contributed by atoms with van der Waals surface area (Å²) in [6.45, 7) is 1.23. The molecule has 1 unspecified atom stereocenters. The molecule has 1 atom stereocenters. The summed E-state index contributed by atoms with van der Waals surface area (Å²) in [6, 6.07) is 1.37. The Morgan fingerprint density at radius 2 is 1.93 bits per heavy atom. The number of hydrogen-bond donors (Lipinski definition) is 1. The Kier molecular flexibility index (Phi) is 7.29. The van der Waals surface area contributed by atoms with Crippen LogP contribution in [0.1, 0.15) is 17.5 Å². The Balaban J connectivity index is 0.00000261. The summed E-state index contributed by atoms with van der Waals surface area (Å²) in [5.74, 6) is -0.260. The summed E-state index contributed by atoms with van der Waals surface area (Å²) in [5.41, 5.74) is -1.07. The number of anilines is 1. The van der Waals surface area contributed by atoms with Gasteiger partial charge in [-0.15, -0.1) is 12.4 Å². The van der Waals surface area contributed by atoms with Gasteiger partial charge >= 0.3 is 6.18 Å². The molecule has 1 saturated heterocycles. The number of nitrogens with zero attached hydrogens (tertiary/aromatic N) is 3. The van der Waals surface area contributed by atoms with Crippen LogP contribution in [0.5, 0.6) is 0 Å². The molecule has 1 N–H and O–H groups in total. The Labute approximate surface area is 172 Å². The quantitative estimate of drug-likeness (QED) is 0.624. The Morgan fingerprint density at radius 3 is 2.56 bits per heavy atom. The van der Waals surface area contributed by atoms with Crippen LogP contribution in [-0.2, 0) is 12.7 Å². The van der Waals surface area contributed by atoms with E-state index in [1.54, 1.807) is 12.4 Å². The van der Waals surface area contributed by atoms with E-state index in [0.717, 1.165) is 17.0 Å². The van der Waals surface area contributed by atoms with E-state index >= 15 is 0 Å². The summed E-state index contributed by atoms with van der Waals surface area (Å²) < 4.78 is 53.4. The molecular formula is C16H15BrCl2F4N4. The Morgan fingerprint density at radius 1 is 1.26 bits per heavy atom. The standard InChI is InChI=1S/C16H14BrClF4N4.ClH/c17-11-6-24-15(25-7-11)26-2-1-12(8-26)23-5-9-3-10(16(20,21)22)4-13(18)14(9)19;/h3-4,6-7,12,23H,1-2,5,8H2;1H. The van der Waals surface area contributed by atoms with Gasteiger partial charge in [0, 0.05) is 43.6 Å². The number of hydrogen-bond acceptors (Lipinski definition) is 4. The summed E-state index contributed by atoms with van der Waals surface area (Å²) in [7, 11) is 0. The van der Waals surface area contributed by atoms with Crippen LogP contribution in [0.15, 0.2) is 29.0 Å². The molecule has 27 heavy (non-hydrogen) atoms. The van der Waals surface area contributed by atoms with Gasteiger partial charge in [0.05, 0.1) is 15.1 Å². The second-order valence-electron chi connectivity index (χ2n) is 5.94. The average molecular weight is 490 g/mol. The average Bonchev–Trinajstić information content (AvgIpc) is 3.04. The molecule has 0 amide bonds. The predicted molar refractivity (Wildman–Crippen MR) is 101 cm³/mol. The highest BCUT2D eigenvalue weighted by Crippen LogP contribution is 2.33. The minimum Gasteiger partial charge on any atom is -0.339 e. The predicted octanol–water partition coefficient (Wildman–Crippen LogP) is 4.84. The van der Waals surface area contributed by atoms with Gasteiger partial charge in [-0.1, -0.05) is 11.6 Å². The Bertz CT molecular complexity index is 789. The third-order valence-electron chi connectivity index (χ3n) is 4.09. The van der Waals surface area contributed by atoms with E-state index in [0.29, 0.717) is 25.1 Å². The number of aromatic nitrogens is 2. The van der Waals surface area contributed by atoms with E-state index in [4.69, 9.17) is 11.6 Å². The van der Waals surface area contributed by atoms with Gasteiger partial charge in [-0.25, -0.2) is 14.4 Å². The fraction of sp³-hybridized carbons (Fsp3) is 0.375. The zero-order valence-corrected chi connectivity index (χ0v) is 16.9. The lowest BCUT2D eigenvalue weighted by Crippen LogP contribution is -2.33. The van der Waals surface area contributed by atoms with Crippen molar-refractivity contribution in [3.05, 3.63) is 51.0 Å². The molecule has 11 heteroatoms. The smallest absolute Gasteiger partial charge is 0.339 e. The zero-order chi connectivity index (χ0) is 18.9. The van der Waals surface area contributed by atoms with Gasteiger partial charge in [0.1, 0.15) is 5.82 Å². The first-order chi connectivity index (χ1) is 12.2. The normalized spacial score (nSPS) is 17.1. The van der Waals surface area contributed by atoms with Crippen LogP contribution in [-0.4, -0.2) is 29.1 Å². The van der Waals surface area contributed by atoms with E-state index in [2.05, 4.69) is 31.2 Å². The van der Waals surface area contributed by atoms with E-state index in [1.165, 1.54) is 0 Å². The van der Waals surface area contributed by atoms with E-state index in [-0.39, 0.29) is 30.6 Å². The highest BCUT2D eigenvalue weighted by atomic mass is 79.9. The molecule has 4 nitrogen and oxygen atoms in total. The molecule has 1 aliphatic heterocycles. The molecule has 0 bridgehead atoms. The lowest BCUT2D eigenvalue weighted by atomic mass is 10.1. The fourth-order valence-corrected chi connectivity index (χ4v) is 3.21. The van der Waals surface area contributed by atoms with Crippen LogP contribution in [0.4, 0.5) is 23.5 Å². The van der Waals surface area contributed by atoms with Crippen LogP contribution < -0.4 is 10.2 Å². The molecular weight excluding hydrogens is 475 g/mol. The molecule has 2 aromatic rings. The lowest BCUT2D eigenvalue weighted by Gasteiger charge is -2.17. The second kappa shape index (κ2) is 8.89. The molecule has 0 radical (unpaired) electrons. The van der Waals surface area contributed by atoms with Crippen molar-refractivity contribution in [3.8, 4) is 0 Å². The first-order valence-corrected chi connectivity index (χ1v) is 8.92. The van der Waals surface area contributed by atoms with Crippen molar-refractivity contribution in [2.45, 2.75) is 25.2 Å². The molecule has 2 heterocycles. The first kappa shape index (κ1) is 22.1. The Hall–Kier alpha value is -1.16. The van der Waals surface area contributed by atoms with Gasteiger partial charge in [0.2, 0.25) is 5.95 Å². The number of alkyl halides is 3. The first-order valence-electron chi connectivity index (χ1n) is 7.75. The topological polar surface area (TPSA) is 41.0 Å². The summed E-state index contributed by atoms with van der Waals surface area (Å²) in [5, 5.41) is 2.55. The number of benzene rings is 1. The highest BCUT2D eigenvalue weighted by Gasteiger charge is 2.32. The minimum atomic E-state index is -4.57. The molecule has 1 aromatic carbocycles. The van der Waals surface area contributed by atoms with Crippen molar-refractivity contribution in [3.63, 3.8) is 0 Å². The van der Waals surface area contributed by atoms with Crippen LogP contribution in [0.3, 0.4) is 0 Å². The van der Waals surface area contributed by atoms with E-state index < -0.39 is 22.6 Å². The van der Waals surface area contributed by atoms with Crippen LogP contribution in [0, 0.1) is 5.82 Å². The van der Waals surface area contributed by atoms with Gasteiger partial charge in [-0.3, -0.25) is 0 Å². The highest BCUT2D eigenvalue weighted by molar-refractivity contribution is 9.10. The maximum Gasteiger partial charge on any atom is 0.416 e. The monoisotopic (exact) mass is 488 g/mol. The summed E-state index contributed by atoms with van der Waals surface area (Å²) >= 11 is 8.87. The van der Waals surface area contributed by atoms with Gasteiger partial charge in [0.15, 0.2) is 0 Å². The van der Waals surface area contributed by atoms with Crippen molar-refractivity contribution in [2.24, 2.45) is 0 Å². The second-order valence-corrected chi connectivity index (χ2v) is 7.27. The minimum absolute atomic E-state index is 0. The molecule has 0 saturated carbocycles. The van der Waals surface area contributed by atoms with Gasteiger partial charge in [-0.05, 0) is 34.5 Å². The SMILES string of the molecule is Cl.Fc1c(Cl)cc(C(F)(F)F)cc1CNC1CCN(c2ncc(Br)cn2)C1. The van der Waals surface area contributed by atoms with Crippen molar-refractivity contribution in [2.75, 3.05) is 18.0 Å². The van der Waals surface area contributed by atoms with Gasteiger partial charge < -0.3 is 10.2 Å². The van der Waals surface area contributed by atoms with Crippen LogP contribution >= 0.6 is 39.9 Å². The van der Waals surface area contributed by atoms with Gasteiger partial charge in [0.25, 0.3) is 0 Å². The van der Waals surface area contributed by atoms with E-state index in [1.807, 2.05) is 4.90 Å². The zero-order valence-electron chi connectivity index (χ0n) is 13.7. The molecule has 148 valence electrons. The van der Waals surface area contributed by atoms with Crippen molar-refractivity contribution >= 4 is 45.9 Å². The van der Waals surface area contributed by atoms with E-state index in [9.17, 15) is 17.6 Å². The fourth-order valence-electron chi connectivity index (χ4n) is 2.77. The van der Waals surface area contributed by atoms with Crippen LogP contribution in [0.25, 0.3) is 0 Å². The van der Waals surface area contributed by atoms with Gasteiger partial charge in [-0.2, -0.15) is 13.2 Å². The maximum absolute atomic E-state index is 14.0. The molecule has 1 fully saturated rings. The molecule has 0 aliphatic carbocycles. The van der Waals surface area contributed by atoms with Crippen molar-refractivity contribution < 1.29 is 17.6 Å². The third-order valence-corrected chi connectivity index (χ3v) is 4.77. The lowest BCUT2D eigenvalue weighted by molar-refractivity contribution is -0.137.